The second-order valence-electron chi connectivity index (χ2n) is 7.07. The van der Waals surface area contributed by atoms with Gasteiger partial charge in [0.05, 0.1) is 11.7 Å². The lowest BCUT2D eigenvalue weighted by molar-refractivity contribution is -0.117. The largest absolute Gasteiger partial charge is 0.363 e. The molecule has 0 fully saturated rings. The molecule has 26 heavy (non-hydrogen) atoms. The summed E-state index contributed by atoms with van der Waals surface area (Å²) in [5, 5.41) is 3.03. The van der Waals surface area contributed by atoms with Crippen LogP contribution in [0.25, 0.3) is 0 Å². The number of hydrogen-bond donors (Lipinski definition) is 1. The van der Waals surface area contributed by atoms with Gasteiger partial charge in [-0.15, -0.1) is 0 Å². The van der Waals surface area contributed by atoms with Gasteiger partial charge >= 0.3 is 0 Å². The van der Waals surface area contributed by atoms with E-state index in [0.29, 0.717) is 12.1 Å². The highest BCUT2D eigenvalue weighted by Crippen LogP contribution is 2.43. The number of nitrogens with zero attached hydrogens (tertiary/aromatic N) is 4. The van der Waals surface area contributed by atoms with E-state index in [0.717, 1.165) is 29.0 Å². The van der Waals surface area contributed by atoms with Gasteiger partial charge in [0, 0.05) is 61.1 Å². The number of allylic oxidation sites excluding steroid dienone is 2. The third kappa shape index (κ3) is 2.66. The van der Waals surface area contributed by atoms with E-state index in [4.69, 9.17) is 0 Å². The fourth-order valence-electron chi connectivity index (χ4n) is 3.81. The minimum absolute atomic E-state index is 0.0525. The number of fused-ring (bicyclic) bond motifs is 3. The number of carbonyl (C=O) groups excluding carboxylic acids is 1. The minimum Gasteiger partial charge on any atom is -0.363 e. The Morgan fingerprint density at radius 3 is 3.00 bits per heavy atom. The number of likely N-dealkylation sites (N-methyl/N-ethyl adjacent to an activating group) is 2. The van der Waals surface area contributed by atoms with Gasteiger partial charge in [-0.3, -0.25) is 14.8 Å². The molecule has 6 nitrogen and oxygen atoms in total. The van der Waals surface area contributed by atoms with Gasteiger partial charge in [0.2, 0.25) is 5.91 Å². The fraction of sp³-hybridized carbons (Fsp3) is 0.350. The molecular weight excluding hydrogens is 326 g/mol. The summed E-state index contributed by atoms with van der Waals surface area (Å²) in [6.45, 7) is 1.41. The van der Waals surface area contributed by atoms with Crippen LogP contribution >= 0.6 is 0 Å². The van der Waals surface area contributed by atoms with E-state index in [1.807, 2.05) is 43.6 Å². The molecule has 3 heterocycles. The zero-order valence-electron chi connectivity index (χ0n) is 15.3. The lowest BCUT2D eigenvalue weighted by Crippen LogP contribution is -2.37. The number of hydrogen-bond acceptors (Lipinski definition) is 5. The molecule has 0 saturated heterocycles. The fourth-order valence-corrected chi connectivity index (χ4v) is 3.81. The molecule has 0 saturated carbocycles. The molecule has 0 spiro atoms. The molecule has 0 radical (unpaired) electrons. The topological polar surface area (TPSA) is 60.3 Å². The molecule has 0 aromatic carbocycles. The summed E-state index contributed by atoms with van der Waals surface area (Å²) < 4.78 is 0. The van der Waals surface area contributed by atoms with E-state index in [-0.39, 0.29) is 18.0 Å². The van der Waals surface area contributed by atoms with Gasteiger partial charge in [-0.05, 0) is 32.3 Å². The van der Waals surface area contributed by atoms with Crippen LogP contribution in [0, 0.1) is 0 Å². The first kappa shape index (κ1) is 16.7. The van der Waals surface area contributed by atoms with Gasteiger partial charge in [0.1, 0.15) is 6.04 Å². The third-order valence-corrected chi connectivity index (χ3v) is 5.09. The van der Waals surface area contributed by atoms with Crippen molar-refractivity contribution in [2.45, 2.75) is 12.1 Å². The van der Waals surface area contributed by atoms with Crippen molar-refractivity contribution in [3.05, 3.63) is 58.5 Å². The van der Waals surface area contributed by atoms with Crippen LogP contribution < -0.4 is 5.32 Å². The molecule has 1 aliphatic carbocycles. The van der Waals surface area contributed by atoms with Crippen LogP contribution in [-0.2, 0) is 4.79 Å². The molecule has 1 N–H and O–H groups in total. The first-order valence-corrected chi connectivity index (χ1v) is 8.83. The quantitative estimate of drug-likeness (QED) is 0.826. The Kier molecular flexibility index (Phi) is 4.20. The van der Waals surface area contributed by atoms with Crippen molar-refractivity contribution in [2.75, 3.05) is 34.2 Å². The molecule has 4 aliphatic rings. The van der Waals surface area contributed by atoms with E-state index >= 15 is 0 Å². The molecule has 2 unspecified atom stereocenters. The molecule has 6 heteroatoms. The highest BCUT2D eigenvalue weighted by atomic mass is 16.1. The number of amides is 1. The smallest absolute Gasteiger partial charge is 0.249 e. The maximum Gasteiger partial charge on any atom is 0.249 e. The van der Waals surface area contributed by atoms with Crippen molar-refractivity contribution in [3.8, 4) is 0 Å². The summed E-state index contributed by atoms with van der Waals surface area (Å²) in [4.78, 5) is 26.0. The van der Waals surface area contributed by atoms with E-state index in [9.17, 15) is 4.79 Å². The van der Waals surface area contributed by atoms with E-state index in [2.05, 4.69) is 39.4 Å². The second-order valence-corrected chi connectivity index (χ2v) is 7.07. The van der Waals surface area contributed by atoms with Crippen molar-refractivity contribution < 1.29 is 4.79 Å². The number of carbonyl (C=O) groups is 1. The molecular formula is C20H23N5O. The van der Waals surface area contributed by atoms with Crippen LogP contribution in [0.5, 0.6) is 0 Å². The average Bonchev–Trinajstić information content (AvgIpc) is 2.94. The summed E-state index contributed by atoms with van der Waals surface area (Å²) >= 11 is 0. The van der Waals surface area contributed by atoms with Crippen molar-refractivity contribution in [1.82, 2.24) is 15.1 Å². The number of aliphatic imine (C=N–C) groups is 2. The molecule has 1 amide bonds. The number of nitrogens with one attached hydrogen (secondary N) is 1. The summed E-state index contributed by atoms with van der Waals surface area (Å²) in [6, 6.07) is -0.0837. The molecule has 4 rings (SSSR count). The summed E-state index contributed by atoms with van der Waals surface area (Å²) in [7, 11) is 6.07. The third-order valence-electron chi connectivity index (χ3n) is 5.09. The van der Waals surface area contributed by atoms with Crippen molar-refractivity contribution in [2.24, 2.45) is 9.98 Å². The average molecular weight is 349 g/mol. The minimum atomic E-state index is -0.248. The van der Waals surface area contributed by atoms with Crippen LogP contribution in [0.3, 0.4) is 0 Å². The van der Waals surface area contributed by atoms with Crippen LogP contribution in [0.1, 0.15) is 0 Å². The SMILES string of the molecule is CN(C)CCNC(=O)C1=CC2=C3C=NC=CC3N(C)C2=C2C=CC=NC12. The normalized spacial score (nSPS) is 25.5. The number of rotatable bonds is 4. The second kappa shape index (κ2) is 6.53. The molecule has 134 valence electrons. The first-order valence-electron chi connectivity index (χ1n) is 8.83. The Morgan fingerprint density at radius 1 is 1.35 bits per heavy atom. The molecule has 3 aliphatic heterocycles. The van der Waals surface area contributed by atoms with Crippen molar-refractivity contribution in [3.63, 3.8) is 0 Å². The maximum absolute atomic E-state index is 12.9. The van der Waals surface area contributed by atoms with Crippen LogP contribution in [-0.4, -0.2) is 74.5 Å². The van der Waals surface area contributed by atoms with Gasteiger partial charge in [-0.25, -0.2) is 0 Å². The van der Waals surface area contributed by atoms with Gasteiger partial charge in [-0.1, -0.05) is 6.08 Å². The predicted molar refractivity (Wildman–Crippen MR) is 104 cm³/mol. The lowest BCUT2D eigenvalue weighted by Gasteiger charge is -2.30. The number of dihydropyridines is 1. The molecule has 0 aromatic heterocycles. The molecule has 2 atom stereocenters. The maximum atomic E-state index is 12.9. The van der Waals surface area contributed by atoms with Gasteiger partial charge in [-0.2, -0.15) is 0 Å². The summed E-state index contributed by atoms with van der Waals surface area (Å²) in [5.41, 5.74) is 5.14. The Balaban J connectivity index is 1.73. The van der Waals surface area contributed by atoms with Crippen LogP contribution in [0.15, 0.2) is 68.5 Å². The Bertz CT molecular complexity index is 853. The predicted octanol–water partition coefficient (Wildman–Crippen LogP) is 1.08. The van der Waals surface area contributed by atoms with E-state index < -0.39 is 0 Å². The zero-order valence-corrected chi connectivity index (χ0v) is 15.3. The van der Waals surface area contributed by atoms with E-state index in [1.54, 1.807) is 6.21 Å². The van der Waals surface area contributed by atoms with Crippen LogP contribution in [0.2, 0.25) is 0 Å². The van der Waals surface area contributed by atoms with Gasteiger partial charge in [0.15, 0.2) is 0 Å². The zero-order chi connectivity index (χ0) is 18.3. The van der Waals surface area contributed by atoms with Gasteiger partial charge in [0.25, 0.3) is 0 Å². The molecule has 0 aromatic rings. The van der Waals surface area contributed by atoms with E-state index in [1.165, 1.54) is 0 Å². The Labute approximate surface area is 153 Å². The van der Waals surface area contributed by atoms with Crippen molar-refractivity contribution in [1.29, 1.82) is 0 Å². The Morgan fingerprint density at radius 2 is 2.19 bits per heavy atom. The lowest BCUT2D eigenvalue weighted by atomic mass is 9.85. The van der Waals surface area contributed by atoms with Crippen LogP contribution in [0.4, 0.5) is 0 Å². The summed E-state index contributed by atoms with van der Waals surface area (Å²) in [5.74, 6) is -0.0525. The Hall–Kier alpha value is -2.73. The highest BCUT2D eigenvalue weighted by Gasteiger charge is 2.40. The van der Waals surface area contributed by atoms with Gasteiger partial charge < -0.3 is 15.1 Å². The van der Waals surface area contributed by atoms with Crippen molar-refractivity contribution >= 4 is 18.3 Å². The molecule has 0 bridgehead atoms. The first-order chi connectivity index (χ1) is 12.6. The monoisotopic (exact) mass is 349 g/mol. The standard InChI is InChI=1S/C20H23N5O/c1-24(2)10-9-23-20(26)15-11-14-16-12-21-8-6-17(16)25(3)19(14)13-5-4-7-22-18(13)15/h4-8,11-12,17-18H,9-10H2,1-3H3,(H,23,26). The summed E-state index contributed by atoms with van der Waals surface area (Å²) in [6.07, 6.45) is 13.6. The highest BCUT2D eigenvalue weighted by molar-refractivity contribution is 6.00.